The molecule has 6 amide bonds. The number of nitrogens with one attached hydrogen (secondary N) is 6. The first-order chi connectivity index (χ1) is 26.6. The van der Waals surface area contributed by atoms with Crippen LogP contribution in [-0.4, -0.2) is 112 Å². The lowest BCUT2D eigenvalue weighted by atomic mass is 10.0. The first kappa shape index (κ1) is 43.4. The monoisotopic (exact) mass is 777 g/mol. The molecule has 19 nitrogen and oxygen atoms in total. The fourth-order valence-electron chi connectivity index (χ4n) is 5.16. The van der Waals surface area contributed by atoms with Gasteiger partial charge in [0.2, 0.25) is 35.4 Å². The van der Waals surface area contributed by atoms with Crippen LogP contribution in [0.5, 0.6) is 11.5 Å². The van der Waals surface area contributed by atoms with Gasteiger partial charge in [0.15, 0.2) is 0 Å². The Morgan fingerprint density at radius 1 is 0.500 bits per heavy atom. The second kappa shape index (κ2) is 21.6. The molecule has 0 saturated carbocycles. The summed E-state index contributed by atoms with van der Waals surface area (Å²) < 4.78 is 0. The first-order valence-electron chi connectivity index (χ1n) is 17.1. The second-order valence-electron chi connectivity index (χ2n) is 12.4. The zero-order chi connectivity index (χ0) is 41.2. The van der Waals surface area contributed by atoms with Gasteiger partial charge < -0.3 is 58.1 Å². The third-order valence-corrected chi connectivity index (χ3v) is 8.02. The Balaban J connectivity index is 1.74. The molecule has 56 heavy (non-hydrogen) atoms. The van der Waals surface area contributed by atoms with E-state index in [-0.39, 0.29) is 37.3 Å². The van der Waals surface area contributed by atoms with Crippen LogP contribution in [0.3, 0.4) is 0 Å². The molecule has 0 saturated heterocycles. The highest BCUT2D eigenvalue weighted by Gasteiger charge is 2.32. The lowest BCUT2D eigenvalue weighted by Gasteiger charge is -2.24. The van der Waals surface area contributed by atoms with Gasteiger partial charge in [0.05, 0.1) is 26.1 Å². The summed E-state index contributed by atoms with van der Waals surface area (Å²) in [4.78, 5) is 101. The van der Waals surface area contributed by atoms with Gasteiger partial charge in [-0.25, -0.2) is 4.79 Å². The Bertz CT molecular complexity index is 1860. The number of phenolic OH excluding ortho intramolecular Hbond substituents is 2. The normalized spacial score (nSPS) is 12.7. The second-order valence-corrected chi connectivity index (χ2v) is 12.4. The van der Waals surface area contributed by atoms with Gasteiger partial charge in [-0.05, 0) is 41.0 Å². The summed E-state index contributed by atoms with van der Waals surface area (Å²) in [6.45, 7) is -1.58. The summed E-state index contributed by atoms with van der Waals surface area (Å²) in [5.74, 6) is -8.28. The van der Waals surface area contributed by atoms with Crippen LogP contribution in [0.4, 0.5) is 0 Å². The fraction of sp³-hybridized carbons (Fsp3) is 0.297. The van der Waals surface area contributed by atoms with Crippen molar-refractivity contribution in [2.24, 2.45) is 5.73 Å². The molecule has 0 heterocycles. The van der Waals surface area contributed by atoms with Crippen molar-refractivity contribution in [2.45, 2.75) is 49.9 Å². The van der Waals surface area contributed by atoms with Crippen LogP contribution in [0.1, 0.15) is 23.1 Å². The molecule has 3 aromatic carbocycles. The smallest absolute Gasteiger partial charge is 0.326 e. The van der Waals surface area contributed by atoms with Crippen LogP contribution in [0.2, 0.25) is 0 Å². The molecular formula is C37H43N7O12. The summed E-state index contributed by atoms with van der Waals surface area (Å²) in [6, 6.07) is 13.5. The van der Waals surface area contributed by atoms with E-state index in [1.807, 2.05) is 0 Å². The molecule has 0 aliphatic carbocycles. The molecule has 0 unspecified atom stereocenters. The average molecular weight is 778 g/mol. The molecule has 0 aromatic heterocycles. The van der Waals surface area contributed by atoms with Crippen molar-refractivity contribution < 1.29 is 58.8 Å². The number of aliphatic carboxylic acids is 2. The number of amides is 6. The van der Waals surface area contributed by atoms with Crippen molar-refractivity contribution in [3.63, 3.8) is 0 Å². The lowest BCUT2D eigenvalue weighted by molar-refractivity contribution is -0.143. The molecule has 12 N–H and O–H groups in total. The molecule has 3 aromatic rings. The number of hydrogen-bond acceptors (Lipinski definition) is 11. The SMILES string of the molecule is NCC(=O)NCC(=O)N[C@@H](Cc1ccc(O)cc1)C(=O)NCC(=O)N[C@@H](Cc1ccccc1)C(=O)N[C@@H](CC(=O)O)C(=O)N[C@@H](Cc1ccc(O)cc1)C(=O)O. The fourth-order valence-corrected chi connectivity index (χ4v) is 5.16. The highest BCUT2D eigenvalue weighted by molar-refractivity contribution is 5.96. The Labute approximate surface area is 320 Å². The highest BCUT2D eigenvalue weighted by Crippen LogP contribution is 2.13. The van der Waals surface area contributed by atoms with Gasteiger partial charge in [0.1, 0.15) is 35.7 Å². The number of carboxylic acids is 2. The van der Waals surface area contributed by atoms with Crippen molar-refractivity contribution >= 4 is 47.4 Å². The quantitative estimate of drug-likeness (QED) is 0.0549. The number of carboxylic acid groups (broad SMARTS) is 2. The number of phenols is 2. The standard InChI is InChI=1S/C37H43N7O12/c38-18-30(47)39-19-31(48)41-26(15-22-6-10-24(45)11-7-22)34(52)40-20-32(49)42-27(14-21-4-2-1-3-5-21)35(53)43-28(17-33(50)51)36(54)44-29(37(55)56)16-23-8-12-25(46)13-9-23/h1-13,26-29,45-46H,14-20,38H2,(H,39,47)(H,40,52)(H,41,48)(H,42,49)(H,43,53)(H,44,54)(H,50,51)(H,55,56)/t26-,27-,28-,29-/m0/s1. The van der Waals surface area contributed by atoms with E-state index in [2.05, 4.69) is 31.9 Å². The number of aromatic hydroxyl groups is 2. The van der Waals surface area contributed by atoms with E-state index in [1.54, 1.807) is 30.3 Å². The minimum Gasteiger partial charge on any atom is -0.508 e. The van der Waals surface area contributed by atoms with Gasteiger partial charge >= 0.3 is 11.9 Å². The van der Waals surface area contributed by atoms with Crippen LogP contribution >= 0.6 is 0 Å². The zero-order valence-electron chi connectivity index (χ0n) is 29.9. The van der Waals surface area contributed by atoms with Gasteiger partial charge in [0.25, 0.3) is 0 Å². The number of hydrogen-bond donors (Lipinski definition) is 11. The van der Waals surface area contributed by atoms with Crippen molar-refractivity contribution in [3.8, 4) is 11.5 Å². The number of nitrogens with two attached hydrogens (primary N) is 1. The third-order valence-electron chi connectivity index (χ3n) is 8.02. The minimum absolute atomic E-state index is 0.0426. The summed E-state index contributed by atoms with van der Waals surface area (Å²) in [7, 11) is 0. The number of rotatable bonds is 21. The van der Waals surface area contributed by atoms with Crippen LogP contribution < -0.4 is 37.6 Å². The van der Waals surface area contributed by atoms with Crippen LogP contribution in [0.15, 0.2) is 78.9 Å². The van der Waals surface area contributed by atoms with Crippen molar-refractivity contribution in [2.75, 3.05) is 19.6 Å². The van der Waals surface area contributed by atoms with Crippen LogP contribution in [0, 0.1) is 0 Å². The summed E-state index contributed by atoms with van der Waals surface area (Å²) in [6.07, 6.45) is -1.43. The molecule has 4 atom stereocenters. The molecule has 0 radical (unpaired) electrons. The van der Waals surface area contributed by atoms with E-state index in [0.29, 0.717) is 16.7 Å². The molecule has 3 rings (SSSR count). The number of benzene rings is 3. The average Bonchev–Trinajstić information content (AvgIpc) is 3.16. The molecule has 0 aliphatic rings. The van der Waals surface area contributed by atoms with E-state index in [9.17, 15) is 58.8 Å². The first-order valence-corrected chi connectivity index (χ1v) is 17.1. The molecule has 0 fully saturated rings. The number of carbonyl (C=O) groups excluding carboxylic acids is 6. The van der Waals surface area contributed by atoms with Crippen molar-refractivity contribution in [1.82, 2.24) is 31.9 Å². The predicted octanol–water partition coefficient (Wildman–Crippen LogP) is -2.18. The topological polar surface area (TPSA) is 316 Å². The van der Waals surface area contributed by atoms with Gasteiger partial charge in [-0.1, -0.05) is 54.6 Å². The van der Waals surface area contributed by atoms with E-state index in [4.69, 9.17) is 5.73 Å². The van der Waals surface area contributed by atoms with Crippen molar-refractivity contribution in [1.29, 1.82) is 0 Å². The summed E-state index contributed by atoms with van der Waals surface area (Å²) in [5.41, 5.74) is 6.74. The molecule has 0 aliphatic heterocycles. The Morgan fingerprint density at radius 2 is 0.929 bits per heavy atom. The van der Waals surface area contributed by atoms with Gasteiger partial charge in [-0.15, -0.1) is 0 Å². The number of carbonyl (C=O) groups is 8. The van der Waals surface area contributed by atoms with E-state index < -0.39 is 91.1 Å². The van der Waals surface area contributed by atoms with E-state index in [1.165, 1.54) is 48.5 Å². The van der Waals surface area contributed by atoms with Crippen LogP contribution in [-0.2, 0) is 57.6 Å². The highest BCUT2D eigenvalue weighted by atomic mass is 16.4. The molecule has 298 valence electrons. The maximum Gasteiger partial charge on any atom is 0.326 e. The lowest BCUT2D eigenvalue weighted by Crippen LogP contribution is -2.58. The Morgan fingerprint density at radius 3 is 1.41 bits per heavy atom. The Kier molecular flexibility index (Phi) is 16.8. The molecular weight excluding hydrogens is 734 g/mol. The Hall–Kier alpha value is -7.02. The van der Waals surface area contributed by atoms with E-state index in [0.717, 1.165) is 0 Å². The minimum atomic E-state index is -1.78. The van der Waals surface area contributed by atoms with Gasteiger partial charge in [-0.2, -0.15) is 0 Å². The van der Waals surface area contributed by atoms with E-state index >= 15 is 0 Å². The largest absolute Gasteiger partial charge is 0.508 e. The van der Waals surface area contributed by atoms with Gasteiger partial charge in [-0.3, -0.25) is 33.6 Å². The van der Waals surface area contributed by atoms with Crippen LogP contribution in [0.25, 0.3) is 0 Å². The molecule has 0 bridgehead atoms. The van der Waals surface area contributed by atoms with Crippen molar-refractivity contribution in [3.05, 3.63) is 95.6 Å². The predicted molar refractivity (Wildman–Crippen MR) is 196 cm³/mol. The zero-order valence-corrected chi connectivity index (χ0v) is 29.9. The summed E-state index contributed by atoms with van der Waals surface area (Å²) in [5, 5.41) is 52.5. The third kappa shape index (κ3) is 15.1. The molecule has 0 spiro atoms. The maximum atomic E-state index is 13.6. The maximum absolute atomic E-state index is 13.6. The summed E-state index contributed by atoms with van der Waals surface area (Å²) >= 11 is 0. The van der Waals surface area contributed by atoms with Gasteiger partial charge in [0, 0.05) is 19.3 Å². The molecule has 19 heteroatoms.